The Labute approximate surface area is 95.6 Å². The van der Waals surface area contributed by atoms with Crippen LogP contribution in [0.3, 0.4) is 0 Å². The average molecular weight is 223 g/mol. The Bertz CT molecular complexity index is 377. The van der Waals surface area contributed by atoms with Crippen molar-refractivity contribution in [2.75, 3.05) is 14.2 Å². The molecule has 0 spiro atoms. The fourth-order valence-corrected chi connectivity index (χ4v) is 1.51. The van der Waals surface area contributed by atoms with E-state index in [1.165, 1.54) is 6.92 Å². The number of nitrogens with one attached hydrogen (secondary N) is 1. The Kier molecular flexibility index (Phi) is 4.17. The molecule has 88 valence electrons. The van der Waals surface area contributed by atoms with Crippen LogP contribution < -0.4 is 14.8 Å². The highest BCUT2D eigenvalue weighted by molar-refractivity contribution is 5.73. The lowest BCUT2D eigenvalue weighted by molar-refractivity contribution is -0.119. The Morgan fingerprint density at radius 1 is 1.25 bits per heavy atom. The largest absolute Gasteiger partial charge is 0.493 e. The van der Waals surface area contributed by atoms with E-state index in [0.717, 1.165) is 5.56 Å². The lowest BCUT2D eigenvalue weighted by atomic mass is 10.1. The van der Waals surface area contributed by atoms with Gasteiger partial charge in [0.1, 0.15) is 0 Å². The maximum absolute atomic E-state index is 10.9. The zero-order valence-corrected chi connectivity index (χ0v) is 10.0. The third-order valence-electron chi connectivity index (χ3n) is 2.33. The molecular formula is C12H17NO3. The minimum absolute atomic E-state index is 0.0442. The predicted octanol–water partition coefficient (Wildman–Crippen LogP) is 1.90. The summed E-state index contributed by atoms with van der Waals surface area (Å²) in [6, 6.07) is 5.55. The number of rotatable bonds is 4. The summed E-state index contributed by atoms with van der Waals surface area (Å²) in [6.45, 7) is 3.42. The number of hydrogen-bond acceptors (Lipinski definition) is 3. The predicted molar refractivity (Wildman–Crippen MR) is 61.8 cm³/mol. The van der Waals surface area contributed by atoms with Gasteiger partial charge in [0.05, 0.1) is 20.3 Å². The van der Waals surface area contributed by atoms with Crippen LogP contribution in [0.15, 0.2) is 18.2 Å². The van der Waals surface area contributed by atoms with Crippen molar-refractivity contribution < 1.29 is 14.3 Å². The van der Waals surface area contributed by atoms with E-state index in [2.05, 4.69) is 5.32 Å². The van der Waals surface area contributed by atoms with Gasteiger partial charge in [-0.1, -0.05) is 6.07 Å². The van der Waals surface area contributed by atoms with E-state index in [4.69, 9.17) is 9.47 Å². The third kappa shape index (κ3) is 2.89. The molecule has 1 N–H and O–H groups in total. The SMILES string of the molecule is COc1ccc([C@@H](C)NC(C)=O)cc1OC. The molecule has 1 aromatic carbocycles. The molecule has 0 radical (unpaired) electrons. The molecular weight excluding hydrogens is 206 g/mol. The van der Waals surface area contributed by atoms with Crippen molar-refractivity contribution in [3.63, 3.8) is 0 Å². The van der Waals surface area contributed by atoms with Gasteiger partial charge in [0, 0.05) is 6.92 Å². The molecule has 4 nitrogen and oxygen atoms in total. The first-order valence-corrected chi connectivity index (χ1v) is 5.07. The molecule has 0 heterocycles. The Morgan fingerprint density at radius 3 is 2.38 bits per heavy atom. The first-order chi connectivity index (χ1) is 7.58. The molecule has 4 heteroatoms. The fraction of sp³-hybridized carbons (Fsp3) is 0.417. The summed E-state index contributed by atoms with van der Waals surface area (Å²) in [6.07, 6.45) is 0. The number of amides is 1. The van der Waals surface area contributed by atoms with Crippen LogP contribution in [0.4, 0.5) is 0 Å². The third-order valence-corrected chi connectivity index (χ3v) is 2.33. The zero-order chi connectivity index (χ0) is 12.1. The summed E-state index contributed by atoms with van der Waals surface area (Å²) < 4.78 is 10.3. The van der Waals surface area contributed by atoms with Crippen LogP contribution in [-0.2, 0) is 4.79 Å². The van der Waals surface area contributed by atoms with Crippen molar-refractivity contribution in [3.8, 4) is 11.5 Å². The van der Waals surface area contributed by atoms with E-state index in [0.29, 0.717) is 11.5 Å². The van der Waals surface area contributed by atoms with E-state index in [1.54, 1.807) is 14.2 Å². The van der Waals surface area contributed by atoms with E-state index in [1.807, 2.05) is 25.1 Å². The van der Waals surface area contributed by atoms with Crippen molar-refractivity contribution in [3.05, 3.63) is 23.8 Å². The summed E-state index contributed by atoms with van der Waals surface area (Å²) in [5.41, 5.74) is 0.979. The van der Waals surface area contributed by atoms with E-state index < -0.39 is 0 Å². The summed E-state index contributed by atoms with van der Waals surface area (Å²) in [4.78, 5) is 10.9. The van der Waals surface area contributed by atoms with E-state index in [9.17, 15) is 4.79 Å². The van der Waals surface area contributed by atoms with Gasteiger partial charge in [0.25, 0.3) is 0 Å². The first-order valence-electron chi connectivity index (χ1n) is 5.07. The van der Waals surface area contributed by atoms with Crippen LogP contribution in [0, 0.1) is 0 Å². The quantitative estimate of drug-likeness (QED) is 0.848. The average Bonchev–Trinajstić information content (AvgIpc) is 2.27. The first kappa shape index (κ1) is 12.4. The smallest absolute Gasteiger partial charge is 0.217 e. The van der Waals surface area contributed by atoms with Crippen molar-refractivity contribution in [1.82, 2.24) is 5.32 Å². The monoisotopic (exact) mass is 223 g/mol. The molecule has 0 aliphatic heterocycles. The number of ether oxygens (including phenoxy) is 2. The molecule has 0 fully saturated rings. The van der Waals surface area contributed by atoms with E-state index >= 15 is 0 Å². The molecule has 0 bridgehead atoms. The Balaban J connectivity index is 2.93. The van der Waals surface area contributed by atoms with Crippen molar-refractivity contribution >= 4 is 5.91 Å². The van der Waals surface area contributed by atoms with Crippen molar-refractivity contribution in [2.24, 2.45) is 0 Å². The Morgan fingerprint density at radius 2 is 1.88 bits per heavy atom. The van der Waals surface area contributed by atoms with Crippen molar-refractivity contribution in [1.29, 1.82) is 0 Å². The molecule has 1 rings (SSSR count). The molecule has 0 aliphatic carbocycles. The lowest BCUT2D eigenvalue weighted by Crippen LogP contribution is -2.23. The molecule has 0 aliphatic rings. The van der Waals surface area contributed by atoms with Crippen LogP contribution in [0.1, 0.15) is 25.5 Å². The van der Waals surface area contributed by atoms with Gasteiger partial charge in [-0.15, -0.1) is 0 Å². The molecule has 0 aromatic heterocycles. The van der Waals surface area contributed by atoms with Crippen LogP contribution in [-0.4, -0.2) is 20.1 Å². The second kappa shape index (κ2) is 5.39. The number of benzene rings is 1. The molecule has 0 saturated heterocycles. The van der Waals surface area contributed by atoms with Crippen LogP contribution >= 0.6 is 0 Å². The number of carbonyl (C=O) groups excluding carboxylic acids is 1. The van der Waals surface area contributed by atoms with Gasteiger partial charge in [0.15, 0.2) is 11.5 Å². The highest BCUT2D eigenvalue weighted by Crippen LogP contribution is 2.29. The van der Waals surface area contributed by atoms with Crippen molar-refractivity contribution in [2.45, 2.75) is 19.9 Å². The second-order valence-electron chi connectivity index (χ2n) is 3.54. The van der Waals surface area contributed by atoms with Crippen LogP contribution in [0.5, 0.6) is 11.5 Å². The lowest BCUT2D eigenvalue weighted by Gasteiger charge is -2.15. The van der Waals surface area contributed by atoms with Gasteiger partial charge < -0.3 is 14.8 Å². The molecule has 1 amide bonds. The molecule has 1 atom stereocenters. The van der Waals surface area contributed by atoms with Gasteiger partial charge in [-0.25, -0.2) is 0 Å². The number of hydrogen-bond donors (Lipinski definition) is 1. The van der Waals surface area contributed by atoms with Gasteiger partial charge in [-0.2, -0.15) is 0 Å². The van der Waals surface area contributed by atoms with Crippen LogP contribution in [0.2, 0.25) is 0 Å². The van der Waals surface area contributed by atoms with Crippen LogP contribution in [0.25, 0.3) is 0 Å². The normalized spacial score (nSPS) is 11.8. The van der Waals surface area contributed by atoms with Gasteiger partial charge in [0.2, 0.25) is 5.91 Å². The number of methoxy groups -OCH3 is 2. The highest BCUT2D eigenvalue weighted by atomic mass is 16.5. The minimum atomic E-state index is -0.0534. The molecule has 0 unspecified atom stereocenters. The zero-order valence-electron chi connectivity index (χ0n) is 10.0. The summed E-state index contributed by atoms with van der Waals surface area (Å²) in [5, 5.41) is 2.81. The summed E-state index contributed by atoms with van der Waals surface area (Å²) >= 11 is 0. The maximum Gasteiger partial charge on any atom is 0.217 e. The minimum Gasteiger partial charge on any atom is -0.493 e. The Hall–Kier alpha value is -1.71. The van der Waals surface area contributed by atoms with Gasteiger partial charge >= 0.3 is 0 Å². The fourth-order valence-electron chi connectivity index (χ4n) is 1.51. The second-order valence-corrected chi connectivity index (χ2v) is 3.54. The highest BCUT2D eigenvalue weighted by Gasteiger charge is 2.10. The molecule has 0 saturated carbocycles. The van der Waals surface area contributed by atoms with Gasteiger partial charge in [-0.3, -0.25) is 4.79 Å². The van der Waals surface area contributed by atoms with E-state index in [-0.39, 0.29) is 11.9 Å². The standard InChI is InChI=1S/C12H17NO3/c1-8(13-9(2)14)10-5-6-11(15-3)12(7-10)16-4/h5-8H,1-4H3,(H,13,14)/t8-/m1/s1. The number of carbonyl (C=O) groups is 1. The summed E-state index contributed by atoms with van der Waals surface area (Å²) in [5.74, 6) is 1.29. The molecule has 16 heavy (non-hydrogen) atoms. The van der Waals surface area contributed by atoms with Gasteiger partial charge in [-0.05, 0) is 24.6 Å². The molecule has 1 aromatic rings. The maximum atomic E-state index is 10.9. The topological polar surface area (TPSA) is 47.6 Å². The summed E-state index contributed by atoms with van der Waals surface area (Å²) in [7, 11) is 3.18.